The second-order valence-electron chi connectivity index (χ2n) is 3.99. The van der Waals surface area contributed by atoms with E-state index in [0.29, 0.717) is 5.31 Å². The Balaban J connectivity index is 4.10. The van der Waals surface area contributed by atoms with Crippen molar-refractivity contribution in [3.63, 3.8) is 0 Å². The Kier molecular flexibility index (Phi) is 4.55. The Labute approximate surface area is 72.5 Å². The van der Waals surface area contributed by atoms with Crippen molar-refractivity contribution in [1.29, 1.82) is 0 Å². The highest BCUT2D eigenvalue weighted by atomic mass is 14.2. The maximum absolute atomic E-state index is 3.80. The van der Waals surface area contributed by atoms with Crippen molar-refractivity contribution in [2.24, 2.45) is 5.92 Å². The fourth-order valence-corrected chi connectivity index (χ4v) is 1.93. The van der Waals surface area contributed by atoms with Gasteiger partial charge in [0.15, 0.2) is 0 Å². The molecule has 0 aromatic heterocycles. The molecule has 0 saturated heterocycles. The van der Waals surface area contributed by atoms with Crippen molar-refractivity contribution in [3.05, 3.63) is 12.7 Å². The Morgan fingerprint density at radius 2 is 1.91 bits per heavy atom. The highest BCUT2D eigenvalue weighted by Crippen LogP contribution is 2.39. The number of allylic oxidation sites excluding steroid dienone is 1. The predicted octanol–water partition coefficient (Wildman–Crippen LogP) is 2.81. The molecule has 0 radical (unpaired) electrons. The van der Waals surface area contributed by atoms with Crippen LogP contribution in [0.2, 0.25) is 5.31 Å². The largest absolute Gasteiger partial charge is 0.109 e. The Bertz CT molecular complexity index is 112. The van der Waals surface area contributed by atoms with Crippen molar-refractivity contribution < 1.29 is 0 Å². The van der Waals surface area contributed by atoms with E-state index in [-0.39, 0.29) is 0 Å². The fourth-order valence-electron chi connectivity index (χ4n) is 1.93. The van der Waals surface area contributed by atoms with E-state index in [1.807, 2.05) is 6.08 Å². The molecule has 0 amide bonds. The summed E-state index contributed by atoms with van der Waals surface area (Å²) in [7, 11) is 2.34. The molecule has 11 heavy (non-hydrogen) atoms. The molecule has 0 aliphatic heterocycles. The van der Waals surface area contributed by atoms with Gasteiger partial charge in [-0.15, -0.1) is 6.58 Å². The molecule has 0 heterocycles. The molecular formula is C10H21B. The zero-order valence-electron chi connectivity index (χ0n) is 8.48. The fraction of sp³-hybridized carbons (Fsp3) is 0.800. The minimum Gasteiger partial charge on any atom is -0.103 e. The first-order valence-corrected chi connectivity index (χ1v) is 4.69. The van der Waals surface area contributed by atoms with Gasteiger partial charge in [0.05, 0.1) is 0 Å². The lowest BCUT2D eigenvalue weighted by Gasteiger charge is -2.32. The van der Waals surface area contributed by atoms with E-state index < -0.39 is 0 Å². The van der Waals surface area contributed by atoms with E-state index in [1.54, 1.807) is 0 Å². The second kappa shape index (κ2) is 4.64. The Hall–Kier alpha value is -0.195. The quantitative estimate of drug-likeness (QED) is 0.419. The van der Waals surface area contributed by atoms with Crippen LogP contribution in [0.4, 0.5) is 0 Å². The van der Waals surface area contributed by atoms with Gasteiger partial charge in [0.25, 0.3) is 0 Å². The molecule has 0 aliphatic rings. The van der Waals surface area contributed by atoms with Crippen LogP contribution in [0, 0.1) is 5.92 Å². The maximum Gasteiger partial charge on any atom is 0.109 e. The number of hydrogen-bond acceptors (Lipinski definition) is 0. The van der Waals surface area contributed by atoms with Gasteiger partial charge in [0.2, 0.25) is 0 Å². The highest BCUT2D eigenvalue weighted by molar-refractivity contribution is 6.15. The summed E-state index contributed by atoms with van der Waals surface area (Å²) in [5.74, 6) is 0.848. The maximum atomic E-state index is 3.80. The van der Waals surface area contributed by atoms with Crippen molar-refractivity contribution in [2.75, 3.05) is 0 Å². The summed E-state index contributed by atoms with van der Waals surface area (Å²) in [6, 6.07) is 0. The summed E-state index contributed by atoms with van der Waals surface area (Å²) >= 11 is 0. The molecule has 1 unspecified atom stereocenters. The van der Waals surface area contributed by atoms with Crippen LogP contribution in [-0.2, 0) is 0 Å². The van der Waals surface area contributed by atoms with Crippen LogP contribution in [0.3, 0.4) is 0 Å². The SMILES string of the molecule is BC(C)(CC=C)C(CC)CC. The molecule has 0 aromatic carbocycles. The molecule has 0 nitrogen and oxygen atoms in total. The van der Waals surface area contributed by atoms with Crippen molar-refractivity contribution >= 4 is 7.85 Å². The molecule has 0 aromatic rings. The lowest BCUT2D eigenvalue weighted by molar-refractivity contribution is 0.359. The summed E-state index contributed by atoms with van der Waals surface area (Å²) in [5, 5.41) is 0.450. The molecular weight excluding hydrogens is 131 g/mol. The predicted molar refractivity (Wildman–Crippen MR) is 55.8 cm³/mol. The topological polar surface area (TPSA) is 0 Å². The number of hydrogen-bond donors (Lipinski definition) is 0. The lowest BCUT2D eigenvalue weighted by atomic mass is 9.58. The van der Waals surface area contributed by atoms with Gasteiger partial charge >= 0.3 is 0 Å². The van der Waals surface area contributed by atoms with Crippen molar-refractivity contribution in [2.45, 2.75) is 45.3 Å². The highest BCUT2D eigenvalue weighted by Gasteiger charge is 2.24. The van der Waals surface area contributed by atoms with Gasteiger partial charge in [0.1, 0.15) is 7.85 Å². The van der Waals surface area contributed by atoms with Gasteiger partial charge in [-0.1, -0.05) is 45.0 Å². The van der Waals surface area contributed by atoms with E-state index >= 15 is 0 Å². The van der Waals surface area contributed by atoms with Gasteiger partial charge in [-0.3, -0.25) is 0 Å². The standard InChI is InChI=1S/C10H21B/c1-5-8-10(4,11)9(6-2)7-3/h5,9H,1,6-8,11H2,2-4H3. The minimum absolute atomic E-state index is 0.450. The second-order valence-corrected chi connectivity index (χ2v) is 3.99. The smallest absolute Gasteiger partial charge is 0.103 e. The molecule has 64 valence electrons. The zero-order valence-corrected chi connectivity index (χ0v) is 8.48. The zero-order chi connectivity index (χ0) is 8.91. The van der Waals surface area contributed by atoms with Crippen LogP contribution in [0.25, 0.3) is 0 Å². The molecule has 0 rings (SSSR count). The summed E-state index contributed by atoms with van der Waals surface area (Å²) in [4.78, 5) is 0. The van der Waals surface area contributed by atoms with E-state index in [4.69, 9.17) is 0 Å². The Morgan fingerprint density at radius 1 is 1.45 bits per heavy atom. The van der Waals surface area contributed by atoms with E-state index in [0.717, 1.165) is 12.3 Å². The monoisotopic (exact) mass is 152 g/mol. The summed E-state index contributed by atoms with van der Waals surface area (Å²) in [5.41, 5.74) is 0. The lowest BCUT2D eigenvalue weighted by Crippen LogP contribution is -2.19. The summed E-state index contributed by atoms with van der Waals surface area (Å²) < 4.78 is 0. The normalized spacial score (nSPS) is 16.4. The number of rotatable bonds is 5. The Morgan fingerprint density at radius 3 is 2.18 bits per heavy atom. The van der Waals surface area contributed by atoms with Gasteiger partial charge in [-0.2, -0.15) is 0 Å². The van der Waals surface area contributed by atoms with Crippen LogP contribution < -0.4 is 0 Å². The summed E-state index contributed by atoms with van der Waals surface area (Å²) in [6.07, 6.45) is 5.76. The van der Waals surface area contributed by atoms with Crippen LogP contribution in [0.1, 0.15) is 40.0 Å². The van der Waals surface area contributed by atoms with Gasteiger partial charge in [0, 0.05) is 0 Å². The molecule has 0 N–H and O–H groups in total. The molecule has 0 aliphatic carbocycles. The van der Waals surface area contributed by atoms with Gasteiger partial charge in [-0.25, -0.2) is 0 Å². The summed E-state index contributed by atoms with van der Waals surface area (Å²) in [6.45, 7) is 10.7. The van der Waals surface area contributed by atoms with E-state index in [2.05, 4.69) is 35.2 Å². The molecule has 1 atom stereocenters. The first-order chi connectivity index (χ1) is 5.08. The first kappa shape index (κ1) is 10.8. The van der Waals surface area contributed by atoms with Crippen molar-refractivity contribution in [1.82, 2.24) is 0 Å². The van der Waals surface area contributed by atoms with Crippen LogP contribution >= 0.6 is 0 Å². The van der Waals surface area contributed by atoms with Crippen LogP contribution in [0.15, 0.2) is 12.7 Å². The van der Waals surface area contributed by atoms with Crippen LogP contribution in [-0.4, -0.2) is 7.85 Å². The molecule has 1 heteroatoms. The third-order valence-corrected chi connectivity index (χ3v) is 2.76. The minimum atomic E-state index is 0.450. The van der Waals surface area contributed by atoms with E-state index in [1.165, 1.54) is 12.8 Å². The molecule has 0 spiro atoms. The average Bonchev–Trinajstić information content (AvgIpc) is 1.89. The van der Waals surface area contributed by atoms with Crippen LogP contribution in [0.5, 0.6) is 0 Å². The molecule has 0 saturated carbocycles. The first-order valence-electron chi connectivity index (χ1n) is 4.69. The van der Waals surface area contributed by atoms with Crippen molar-refractivity contribution in [3.8, 4) is 0 Å². The third-order valence-electron chi connectivity index (χ3n) is 2.76. The molecule has 0 bridgehead atoms. The average molecular weight is 152 g/mol. The molecule has 0 fully saturated rings. The van der Waals surface area contributed by atoms with Gasteiger partial charge in [-0.05, 0) is 12.3 Å². The third kappa shape index (κ3) is 3.13. The van der Waals surface area contributed by atoms with E-state index in [9.17, 15) is 0 Å². The van der Waals surface area contributed by atoms with Gasteiger partial charge < -0.3 is 0 Å².